The highest BCUT2D eigenvalue weighted by Crippen LogP contribution is 2.20. The van der Waals surface area contributed by atoms with Gasteiger partial charge in [0.15, 0.2) is 11.6 Å². The predicted molar refractivity (Wildman–Crippen MR) is 122 cm³/mol. The quantitative estimate of drug-likeness (QED) is 0.647. The summed E-state index contributed by atoms with van der Waals surface area (Å²) < 4.78 is 5.25. The Labute approximate surface area is 193 Å². The summed E-state index contributed by atoms with van der Waals surface area (Å²) in [5.74, 6) is -2.30. The number of aryl methyl sites for hydroxylation is 1. The number of nitrogens with one attached hydrogen (secondary N) is 1. The molecule has 0 radical (unpaired) electrons. The van der Waals surface area contributed by atoms with Crippen LogP contribution in [0.1, 0.15) is 49.9 Å². The third kappa shape index (κ3) is 7.07. The summed E-state index contributed by atoms with van der Waals surface area (Å²) in [6.45, 7) is 3.71. The van der Waals surface area contributed by atoms with Crippen molar-refractivity contribution in [2.24, 2.45) is 11.8 Å². The topological polar surface area (TPSA) is 102 Å². The normalized spacial score (nSPS) is 17.4. The lowest BCUT2D eigenvalue weighted by atomic mass is 9.84. The van der Waals surface area contributed by atoms with Gasteiger partial charge in [0.1, 0.15) is 6.61 Å². The van der Waals surface area contributed by atoms with Gasteiger partial charge in [-0.2, -0.15) is 0 Å². The maximum absolute atomic E-state index is 13.1. The molecule has 33 heavy (non-hydrogen) atoms. The van der Waals surface area contributed by atoms with Crippen LogP contribution in [0.2, 0.25) is 0 Å². The highest BCUT2D eigenvalue weighted by Gasteiger charge is 2.33. The third-order valence-corrected chi connectivity index (χ3v) is 5.80. The van der Waals surface area contributed by atoms with Crippen LogP contribution < -0.4 is 5.32 Å². The van der Waals surface area contributed by atoms with Gasteiger partial charge in [-0.25, -0.2) is 4.79 Å². The first-order valence-electron chi connectivity index (χ1n) is 11.3. The van der Waals surface area contributed by atoms with Crippen LogP contribution in [-0.2, 0) is 38.6 Å². The van der Waals surface area contributed by atoms with E-state index in [9.17, 15) is 19.2 Å². The second-order valence-corrected chi connectivity index (χ2v) is 8.80. The van der Waals surface area contributed by atoms with E-state index in [-0.39, 0.29) is 37.6 Å². The number of Topliss-reactive ketones (excluding diaryl/α,β-unsaturated/α-hetero) is 3. The van der Waals surface area contributed by atoms with Crippen molar-refractivity contribution in [2.45, 2.75) is 58.6 Å². The van der Waals surface area contributed by atoms with Crippen LogP contribution in [0.3, 0.4) is 0 Å². The molecule has 2 atom stereocenters. The summed E-state index contributed by atoms with van der Waals surface area (Å²) in [4.78, 5) is 55.0. The van der Waals surface area contributed by atoms with E-state index >= 15 is 0 Å². The summed E-state index contributed by atoms with van der Waals surface area (Å²) in [5, 5.41) is 2.64. The van der Waals surface area contributed by atoms with Gasteiger partial charge in [0.05, 0.1) is 6.04 Å². The van der Waals surface area contributed by atoms with Crippen LogP contribution in [-0.4, -0.2) is 34.5 Å². The molecule has 174 valence electrons. The summed E-state index contributed by atoms with van der Waals surface area (Å²) in [7, 11) is 0. The number of ether oxygens (including phenoxy) is 1. The number of alkyl carbamates (subject to hydrolysis) is 1. The summed E-state index contributed by atoms with van der Waals surface area (Å²) >= 11 is 0. The number of fused-ring (bicyclic) bond motifs is 2. The number of nitrogens with zero attached hydrogens (tertiary/aromatic N) is 1. The Balaban J connectivity index is 1.68. The van der Waals surface area contributed by atoms with Crippen LogP contribution in [0.25, 0.3) is 0 Å². The maximum atomic E-state index is 13.1. The fourth-order valence-corrected chi connectivity index (χ4v) is 3.99. The van der Waals surface area contributed by atoms with Gasteiger partial charge in [-0.05, 0) is 42.0 Å². The highest BCUT2D eigenvalue weighted by molar-refractivity contribution is 6.38. The van der Waals surface area contributed by atoms with E-state index in [4.69, 9.17) is 4.74 Å². The van der Waals surface area contributed by atoms with Crippen molar-refractivity contribution in [2.75, 3.05) is 0 Å². The molecule has 1 heterocycles. The monoisotopic (exact) mass is 450 g/mol. The zero-order chi connectivity index (χ0) is 23.8. The smallest absolute Gasteiger partial charge is 0.408 e. The zero-order valence-electron chi connectivity index (χ0n) is 19.1. The summed E-state index contributed by atoms with van der Waals surface area (Å²) in [6.07, 6.45) is 2.53. The lowest BCUT2D eigenvalue weighted by Crippen LogP contribution is -2.46. The van der Waals surface area contributed by atoms with Crippen molar-refractivity contribution >= 4 is 23.4 Å². The molecule has 1 aliphatic rings. The average molecular weight is 451 g/mol. The van der Waals surface area contributed by atoms with E-state index < -0.39 is 29.6 Å². The minimum Gasteiger partial charge on any atom is -0.445 e. The van der Waals surface area contributed by atoms with Gasteiger partial charge in [-0.3, -0.25) is 19.4 Å². The molecule has 2 unspecified atom stereocenters. The Bertz CT molecular complexity index is 1000. The van der Waals surface area contributed by atoms with Gasteiger partial charge < -0.3 is 10.1 Å². The number of hydrogen-bond acceptors (Lipinski definition) is 6. The van der Waals surface area contributed by atoms with E-state index in [0.717, 1.165) is 11.1 Å². The molecule has 3 rings (SSSR count). The number of rotatable bonds is 7. The van der Waals surface area contributed by atoms with Gasteiger partial charge in [0.2, 0.25) is 5.78 Å². The number of carbonyl (C=O) groups is 4. The molecular formula is C26H30N2O5. The van der Waals surface area contributed by atoms with E-state index in [2.05, 4.69) is 10.3 Å². The third-order valence-electron chi connectivity index (χ3n) is 5.80. The summed E-state index contributed by atoms with van der Waals surface area (Å²) in [6, 6.07) is 12.2. The first kappa shape index (κ1) is 24.3. The average Bonchev–Trinajstić information content (AvgIpc) is 2.80. The Morgan fingerprint density at radius 1 is 1.12 bits per heavy atom. The molecule has 0 saturated heterocycles. The number of hydrogen-bond donors (Lipinski definition) is 1. The van der Waals surface area contributed by atoms with Crippen LogP contribution in [0.4, 0.5) is 4.79 Å². The number of benzene rings is 1. The van der Waals surface area contributed by atoms with Crippen LogP contribution >= 0.6 is 0 Å². The number of aromatic nitrogens is 1. The molecule has 1 aromatic heterocycles. The van der Waals surface area contributed by atoms with Gasteiger partial charge in [-0.15, -0.1) is 0 Å². The molecular weight excluding hydrogens is 420 g/mol. The number of amides is 1. The molecule has 1 aliphatic carbocycles. The van der Waals surface area contributed by atoms with Gasteiger partial charge >= 0.3 is 6.09 Å². The first-order chi connectivity index (χ1) is 15.8. The molecule has 0 spiro atoms. The van der Waals surface area contributed by atoms with Crippen molar-refractivity contribution in [1.29, 1.82) is 0 Å². The highest BCUT2D eigenvalue weighted by atomic mass is 16.5. The molecule has 1 aromatic carbocycles. The lowest BCUT2D eigenvalue weighted by molar-refractivity contribution is -0.140. The molecule has 7 heteroatoms. The fraction of sp³-hybridized carbons (Fsp3) is 0.423. The second-order valence-electron chi connectivity index (χ2n) is 8.80. The Morgan fingerprint density at radius 2 is 1.88 bits per heavy atom. The van der Waals surface area contributed by atoms with Gasteiger partial charge in [0, 0.05) is 37.1 Å². The molecule has 0 aliphatic heterocycles. The van der Waals surface area contributed by atoms with Crippen molar-refractivity contribution in [3.05, 3.63) is 65.5 Å². The van der Waals surface area contributed by atoms with Crippen molar-refractivity contribution in [3.8, 4) is 0 Å². The Kier molecular flexibility index (Phi) is 8.46. The molecule has 1 N–H and O–H groups in total. The van der Waals surface area contributed by atoms with E-state index in [0.29, 0.717) is 18.5 Å². The number of carbonyl (C=O) groups excluding carboxylic acids is 4. The second kappa shape index (κ2) is 11.5. The zero-order valence-corrected chi connectivity index (χ0v) is 19.1. The lowest BCUT2D eigenvalue weighted by Gasteiger charge is -2.23. The van der Waals surface area contributed by atoms with E-state index in [1.807, 2.05) is 56.3 Å². The first-order valence-corrected chi connectivity index (χ1v) is 11.3. The van der Waals surface area contributed by atoms with Crippen molar-refractivity contribution in [1.82, 2.24) is 10.3 Å². The minimum absolute atomic E-state index is 0.0866. The molecule has 2 bridgehead atoms. The molecule has 2 aromatic rings. The largest absolute Gasteiger partial charge is 0.445 e. The number of ketones is 3. The van der Waals surface area contributed by atoms with E-state index in [1.165, 1.54) is 0 Å². The molecule has 0 fully saturated rings. The maximum Gasteiger partial charge on any atom is 0.408 e. The Morgan fingerprint density at radius 3 is 2.61 bits per heavy atom. The van der Waals surface area contributed by atoms with Crippen molar-refractivity contribution in [3.63, 3.8) is 0 Å². The van der Waals surface area contributed by atoms with Gasteiger partial charge in [0.25, 0.3) is 0 Å². The molecule has 0 saturated carbocycles. The van der Waals surface area contributed by atoms with E-state index in [1.54, 1.807) is 6.20 Å². The molecule has 7 nitrogen and oxygen atoms in total. The predicted octanol–water partition coefficient (Wildman–Crippen LogP) is 3.63. The Hall–Kier alpha value is -3.35. The van der Waals surface area contributed by atoms with Crippen molar-refractivity contribution < 1.29 is 23.9 Å². The SMILES string of the molecule is CC(C)C(NC(=O)OCc1ccccc1)C(=O)CC1Cc2cc(ccn2)CCCC(=O)C1=O. The standard InChI is InChI=1S/C26H30N2O5/c1-17(2)24(28-26(32)33-16-19-7-4-3-5-8-19)23(30)15-20-14-21-13-18(11-12-27-21)9-6-10-22(29)25(20)31/h3-5,7-8,11-13,17,20,24H,6,9-10,14-16H2,1-2H3,(H,28,32). The minimum atomic E-state index is -0.828. The fourth-order valence-electron chi connectivity index (χ4n) is 3.99. The number of pyridine rings is 1. The van der Waals surface area contributed by atoms with Gasteiger partial charge in [-0.1, -0.05) is 44.2 Å². The van der Waals surface area contributed by atoms with Crippen LogP contribution in [0, 0.1) is 11.8 Å². The summed E-state index contributed by atoms with van der Waals surface area (Å²) in [5.41, 5.74) is 2.58. The molecule has 1 amide bonds. The van der Waals surface area contributed by atoms with Crippen LogP contribution in [0.5, 0.6) is 0 Å². The van der Waals surface area contributed by atoms with Crippen LogP contribution in [0.15, 0.2) is 48.7 Å².